The van der Waals surface area contributed by atoms with Crippen molar-refractivity contribution in [3.8, 4) is 0 Å². The van der Waals surface area contributed by atoms with Gasteiger partial charge in [-0.3, -0.25) is 4.79 Å². The summed E-state index contributed by atoms with van der Waals surface area (Å²) in [6.45, 7) is 3.12. The number of amides is 1. The van der Waals surface area contributed by atoms with Gasteiger partial charge in [0, 0.05) is 18.5 Å². The fourth-order valence-corrected chi connectivity index (χ4v) is 6.47. The van der Waals surface area contributed by atoms with Gasteiger partial charge in [-0.15, -0.1) is 11.3 Å². The van der Waals surface area contributed by atoms with Gasteiger partial charge in [0.1, 0.15) is 15.5 Å². The third kappa shape index (κ3) is 4.22. The number of benzene rings is 2. The lowest BCUT2D eigenvalue weighted by Gasteiger charge is -2.31. The van der Waals surface area contributed by atoms with Crippen molar-refractivity contribution >= 4 is 39.0 Å². The Morgan fingerprint density at radius 1 is 0.944 bits per heavy atom. The first kappa shape index (κ1) is 23.0. The molecule has 1 aliphatic carbocycles. The Bertz CT molecular complexity index is 1340. The molecule has 2 aliphatic rings. The molecule has 3 N–H and O–H groups in total. The lowest BCUT2D eigenvalue weighted by Crippen LogP contribution is -2.37. The highest BCUT2D eigenvalue weighted by atomic mass is 32.1. The zero-order valence-electron chi connectivity index (χ0n) is 20.2. The maximum atomic E-state index is 13.7. The van der Waals surface area contributed by atoms with Crippen molar-refractivity contribution in [2.45, 2.75) is 31.7 Å². The first-order valence-corrected chi connectivity index (χ1v) is 13.5. The molecule has 3 heterocycles. The number of nitrogen functional groups attached to an aromatic ring is 1. The van der Waals surface area contributed by atoms with Crippen molar-refractivity contribution in [2.24, 2.45) is 0 Å². The normalized spacial score (nSPS) is 15.8. The van der Waals surface area contributed by atoms with Crippen LogP contribution in [0.3, 0.4) is 0 Å². The zero-order chi connectivity index (χ0) is 24.5. The lowest BCUT2D eigenvalue weighted by molar-refractivity contribution is 0.0948. The van der Waals surface area contributed by atoms with Crippen LogP contribution in [0.1, 0.15) is 50.8 Å². The van der Waals surface area contributed by atoms with E-state index in [1.165, 1.54) is 22.5 Å². The fourth-order valence-electron chi connectivity index (χ4n) is 5.45. The maximum absolute atomic E-state index is 13.7. The largest absolute Gasteiger partial charge is 0.397 e. The van der Waals surface area contributed by atoms with E-state index in [2.05, 4.69) is 10.2 Å². The summed E-state index contributed by atoms with van der Waals surface area (Å²) in [4.78, 5) is 22.5. The molecule has 0 saturated carbocycles. The summed E-state index contributed by atoms with van der Waals surface area (Å²) >= 11 is 1.41. The number of fused-ring (bicyclic) bond motifs is 3. The van der Waals surface area contributed by atoms with E-state index in [-0.39, 0.29) is 11.9 Å². The number of ether oxygens (including phenoxy) is 1. The highest BCUT2D eigenvalue weighted by molar-refractivity contribution is 7.21. The van der Waals surface area contributed by atoms with Gasteiger partial charge in [-0.2, -0.15) is 0 Å². The van der Waals surface area contributed by atoms with E-state index >= 15 is 0 Å². The summed E-state index contributed by atoms with van der Waals surface area (Å²) in [6.07, 6.45) is 4.27. The standard InChI is InChI=1S/C29H30N4O2S/c30-24-23-21-13-7-8-14-22(21)27(33-15-17-35-18-16-33)32-29(23)36-26(24)28(34)31-25(19-9-3-1-4-10-19)20-11-5-2-6-12-20/h1-6,9-12,25H,7-8,13-18,30H2,(H,31,34). The maximum Gasteiger partial charge on any atom is 0.264 e. The number of aryl methyl sites for hydroxylation is 1. The molecule has 1 fully saturated rings. The van der Waals surface area contributed by atoms with Gasteiger partial charge in [0.2, 0.25) is 0 Å². The number of anilines is 2. The van der Waals surface area contributed by atoms with Crippen LogP contribution in [0, 0.1) is 0 Å². The Labute approximate surface area is 215 Å². The highest BCUT2D eigenvalue weighted by Gasteiger charge is 2.28. The zero-order valence-corrected chi connectivity index (χ0v) is 21.0. The van der Waals surface area contributed by atoms with Crippen LogP contribution in [0.25, 0.3) is 10.2 Å². The number of aromatic nitrogens is 1. The highest BCUT2D eigenvalue weighted by Crippen LogP contribution is 2.42. The van der Waals surface area contributed by atoms with Crippen molar-refractivity contribution in [1.82, 2.24) is 10.3 Å². The second-order valence-electron chi connectivity index (χ2n) is 9.45. The van der Waals surface area contributed by atoms with Crippen LogP contribution in [0.2, 0.25) is 0 Å². The number of nitrogens with zero attached hydrogens (tertiary/aromatic N) is 2. The summed E-state index contributed by atoms with van der Waals surface area (Å²) in [7, 11) is 0. The molecule has 7 heteroatoms. The van der Waals surface area contributed by atoms with Gasteiger partial charge in [-0.05, 0) is 47.9 Å². The molecule has 36 heavy (non-hydrogen) atoms. The average Bonchev–Trinajstić information content (AvgIpc) is 3.29. The van der Waals surface area contributed by atoms with E-state index in [1.54, 1.807) is 0 Å². The number of carbonyl (C=O) groups is 1. The van der Waals surface area contributed by atoms with Crippen molar-refractivity contribution < 1.29 is 9.53 Å². The molecule has 4 aromatic rings. The fraction of sp³-hybridized carbons (Fsp3) is 0.310. The van der Waals surface area contributed by atoms with E-state index in [4.69, 9.17) is 15.5 Å². The van der Waals surface area contributed by atoms with E-state index < -0.39 is 0 Å². The summed E-state index contributed by atoms with van der Waals surface area (Å²) in [6, 6.07) is 19.8. The minimum atomic E-state index is -0.268. The van der Waals surface area contributed by atoms with Crippen molar-refractivity contribution in [1.29, 1.82) is 0 Å². The number of nitrogens with two attached hydrogens (primary N) is 1. The molecule has 0 radical (unpaired) electrons. The number of morpholine rings is 1. The van der Waals surface area contributed by atoms with Gasteiger partial charge < -0.3 is 20.7 Å². The van der Waals surface area contributed by atoms with Crippen molar-refractivity contribution in [3.05, 3.63) is 87.8 Å². The van der Waals surface area contributed by atoms with Crippen LogP contribution in [-0.2, 0) is 17.6 Å². The summed E-state index contributed by atoms with van der Waals surface area (Å²) in [5.41, 5.74) is 11.9. The number of thiophene rings is 1. The van der Waals surface area contributed by atoms with E-state index in [0.717, 1.165) is 79.1 Å². The van der Waals surface area contributed by atoms with Gasteiger partial charge in [0.25, 0.3) is 5.91 Å². The first-order chi connectivity index (χ1) is 17.7. The molecular formula is C29H30N4O2S. The van der Waals surface area contributed by atoms with E-state index in [0.29, 0.717) is 10.6 Å². The molecule has 6 nitrogen and oxygen atoms in total. The van der Waals surface area contributed by atoms with Gasteiger partial charge >= 0.3 is 0 Å². The smallest absolute Gasteiger partial charge is 0.264 e. The Balaban J connectivity index is 1.40. The predicted molar refractivity (Wildman–Crippen MR) is 146 cm³/mol. The SMILES string of the molecule is Nc1c(C(=O)NC(c2ccccc2)c2ccccc2)sc2nc(N3CCOCC3)c3c(c12)CCCC3. The topological polar surface area (TPSA) is 80.5 Å². The van der Waals surface area contributed by atoms with E-state index in [9.17, 15) is 4.79 Å². The monoisotopic (exact) mass is 498 g/mol. The van der Waals surface area contributed by atoms with E-state index in [1.807, 2.05) is 60.7 Å². The molecule has 1 amide bonds. The molecule has 2 aromatic heterocycles. The Morgan fingerprint density at radius 3 is 2.19 bits per heavy atom. The summed E-state index contributed by atoms with van der Waals surface area (Å²) in [5, 5.41) is 4.24. The summed E-state index contributed by atoms with van der Waals surface area (Å²) < 4.78 is 5.58. The second kappa shape index (κ2) is 9.91. The van der Waals surface area contributed by atoms with Crippen LogP contribution < -0.4 is 16.0 Å². The van der Waals surface area contributed by atoms with Gasteiger partial charge in [0.15, 0.2) is 0 Å². The number of nitrogens with one attached hydrogen (secondary N) is 1. The third-order valence-electron chi connectivity index (χ3n) is 7.23. The third-order valence-corrected chi connectivity index (χ3v) is 8.33. The predicted octanol–water partition coefficient (Wildman–Crippen LogP) is 5.11. The van der Waals surface area contributed by atoms with Crippen LogP contribution in [0.4, 0.5) is 11.5 Å². The molecule has 184 valence electrons. The quantitative estimate of drug-likeness (QED) is 0.400. The minimum absolute atomic E-state index is 0.161. The Kier molecular flexibility index (Phi) is 6.34. The van der Waals surface area contributed by atoms with Crippen molar-refractivity contribution in [2.75, 3.05) is 36.9 Å². The number of rotatable bonds is 5. The van der Waals surface area contributed by atoms with Crippen molar-refractivity contribution in [3.63, 3.8) is 0 Å². The molecule has 0 bridgehead atoms. The minimum Gasteiger partial charge on any atom is -0.397 e. The molecule has 6 rings (SSSR count). The number of hydrogen-bond acceptors (Lipinski definition) is 6. The van der Waals surface area contributed by atoms with Gasteiger partial charge in [0.05, 0.1) is 24.9 Å². The lowest BCUT2D eigenvalue weighted by atomic mass is 9.89. The Hall–Kier alpha value is -3.42. The molecule has 0 spiro atoms. The average molecular weight is 499 g/mol. The molecule has 0 atom stereocenters. The molecule has 1 saturated heterocycles. The molecular weight excluding hydrogens is 468 g/mol. The number of hydrogen-bond donors (Lipinski definition) is 2. The number of carbonyl (C=O) groups excluding carboxylic acids is 1. The number of pyridine rings is 1. The van der Waals surface area contributed by atoms with Gasteiger partial charge in [-0.25, -0.2) is 4.98 Å². The van der Waals surface area contributed by atoms with Gasteiger partial charge in [-0.1, -0.05) is 60.7 Å². The van der Waals surface area contributed by atoms with Crippen LogP contribution >= 0.6 is 11.3 Å². The van der Waals surface area contributed by atoms with Crippen LogP contribution in [-0.4, -0.2) is 37.2 Å². The first-order valence-electron chi connectivity index (χ1n) is 12.7. The second-order valence-corrected chi connectivity index (χ2v) is 10.5. The Morgan fingerprint density at radius 2 is 1.56 bits per heavy atom. The molecule has 2 aromatic carbocycles. The molecule has 0 unspecified atom stereocenters. The van der Waals surface area contributed by atoms with Crippen LogP contribution in [0.15, 0.2) is 60.7 Å². The van der Waals surface area contributed by atoms with Crippen LogP contribution in [0.5, 0.6) is 0 Å². The molecule has 1 aliphatic heterocycles. The summed E-state index contributed by atoms with van der Waals surface area (Å²) in [5.74, 6) is 0.894.